The van der Waals surface area contributed by atoms with E-state index in [0.717, 1.165) is 6.42 Å². The van der Waals surface area contributed by atoms with E-state index in [1.165, 1.54) is 0 Å². The van der Waals surface area contributed by atoms with Gasteiger partial charge in [0.1, 0.15) is 0 Å². The van der Waals surface area contributed by atoms with Crippen molar-refractivity contribution in [3.63, 3.8) is 0 Å². The predicted molar refractivity (Wildman–Crippen MR) is 27.0 cm³/mol. The van der Waals surface area contributed by atoms with Gasteiger partial charge in [-0.15, -0.1) is 0 Å². The Bertz CT molecular complexity index is 49.5. The van der Waals surface area contributed by atoms with E-state index >= 15 is 0 Å². The van der Waals surface area contributed by atoms with Crippen LogP contribution in [0.2, 0.25) is 0 Å². The molecule has 0 fully saturated rings. The van der Waals surface area contributed by atoms with Gasteiger partial charge in [-0.2, -0.15) is 0 Å². The molecule has 0 aromatic carbocycles. The van der Waals surface area contributed by atoms with E-state index in [-0.39, 0.29) is 0 Å². The monoisotopic (exact) mass is 86.1 g/mol. The first kappa shape index (κ1) is 5.50. The summed E-state index contributed by atoms with van der Waals surface area (Å²) in [5.41, 5.74) is 10.9. The Morgan fingerprint density at radius 2 is 2.17 bits per heavy atom. The summed E-state index contributed by atoms with van der Waals surface area (Å²) in [5.74, 6) is 0. The third-order valence-electron chi connectivity index (χ3n) is 0.465. The zero-order valence-electron chi connectivity index (χ0n) is 3.78. The van der Waals surface area contributed by atoms with Crippen LogP contribution in [-0.2, 0) is 0 Å². The van der Waals surface area contributed by atoms with Crippen LogP contribution in [0.5, 0.6) is 0 Å². The zero-order valence-corrected chi connectivity index (χ0v) is 3.78. The molecule has 0 radical (unpaired) electrons. The van der Waals surface area contributed by atoms with Crippen molar-refractivity contribution in [3.05, 3.63) is 12.3 Å². The summed E-state index contributed by atoms with van der Waals surface area (Å²) in [5, 5.41) is 0. The molecule has 0 aliphatic rings. The first-order chi connectivity index (χ1) is 2.77. The standard InChI is InChI=1S/C4H10N2/c1-4(6)2-3-5/h1-3,5-6H2. The summed E-state index contributed by atoms with van der Waals surface area (Å²) < 4.78 is 0. The van der Waals surface area contributed by atoms with Crippen molar-refractivity contribution < 1.29 is 0 Å². The second-order valence-corrected chi connectivity index (χ2v) is 1.20. The van der Waals surface area contributed by atoms with Crippen LogP contribution in [0.15, 0.2) is 12.3 Å². The smallest absolute Gasteiger partial charge is 0.00201 e. The molecule has 0 bridgehead atoms. The molecule has 0 heterocycles. The van der Waals surface area contributed by atoms with Crippen LogP contribution in [0.4, 0.5) is 0 Å². The first-order valence-corrected chi connectivity index (χ1v) is 1.90. The Morgan fingerprint density at radius 1 is 1.67 bits per heavy atom. The molecule has 6 heavy (non-hydrogen) atoms. The number of hydrogen-bond acceptors (Lipinski definition) is 2. The predicted octanol–water partition coefficient (Wildman–Crippen LogP) is -0.192. The molecule has 0 aromatic rings. The lowest BCUT2D eigenvalue weighted by atomic mass is 10.4. The highest BCUT2D eigenvalue weighted by Crippen LogP contribution is 1.79. The quantitative estimate of drug-likeness (QED) is 0.489. The molecular formula is C4H10N2. The maximum absolute atomic E-state index is 5.13. The maximum atomic E-state index is 5.13. The second-order valence-electron chi connectivity index (χ2n) is 1.20. The Kier molecular flexibility index (Phi) is 2.50. The molecule has 0 aliphatic heterocycles. The third-order valence-corrected chi connectivity index (χ3v) is 0.465. The van der Waals surface area contributed by atoms with Crippen molar-refractivity contribution in [1.82, 2.24) is 0 Å². The minimum absolute atomic E-state index is 0.606. The van der Waals surface area contributed by atoms with Gasteiger partial charge in [-0.3, -0.25) is 0 Å². The van der Waals surface area contributed by atoms with E-state index in [1.54, 1.807) is 0 Å². The van der Waals surface area contributed by atoms with Crippen LogP contribution in [0.1, 0.15) is 6.42 Å². The molecule has 2 nitrogen and oxygen atoms in total. The van der Waals surface area contributed by atoms with Gasteiger partial charge in [-0.25, -0.2) is 0 Å². The zero-order chi connectivity index (χ0) is 4.99. The molecule has 0 unspecified atom stereocenters. The van der Waals surface area contributed by atoms with Gasteiger partial charge in [0.25, 0.3) is 0 Å². The van der Waals surface area contributed by atoms with E-state index < -0.39 is 0 Å². The van der Waals surface area contributed by atoms with Gasteiger partial charge in [0, 0.05) is 5.70 Å². The average Bonchev–Trinajstić information content (AvgIpc) is 1.35. The van der Waals surface area contributed by atoms with Gasteiger partial charge in [-0.05, 0) is 13.0 Å². The van der Waals surface area contributed by atoms with E-state index in [9.17, 15) is 0 Å². The molecule has 0 rings (SSSR count). The molecule has 0 saturated heterocycles. The average molecular weight is 86.1 g/mol. The minimum Gasteiger partial charge on any atom is -0.402 e. The fourth-order valence-corrected chi connectivity index (χ4v) is 0.185. The lowest BCUT2D eigenvalue weighted by molar-refractivity contribution is 0.941. The molecule has 36 valence electrons. The summed E-state index contributed by atoms with van der Waals surface area (Å²) in [6.45, 7) is 4.05. The Morgan fingerprint density at radius 3 is 2.17 bits per heavy atom. The number of nitrogens with two attached hydrogens (primary N) is 2. The number of hydrogen-bond donors (Lipinski definition) is 2. The van der Waals surface area contributed by atoms with Crippen LogP contribution >= 0.6 is 0 Å². The molecule has 0 aromatic heterocycles. The van der Waals surface area contributed by atoms with Crippen molar-refractivity contribution in [1.29, 1.82) is 0 Å². The van der Waals surface area contributed by atoms with Crippen LogP contribution < -0.4 is 11.5 Å². The SMILES string of the molecule is C=C(N)CCN. The van der Waals surface area contributed by atoms with Gasteiger partial charge >= 0.3 is 0 Å². The molecular weight excluding hydrogens is 76.1 g/mol. The highest BCUT2D eigenvalue weighted by Gasteiger charge is 1.76. The Hall–Kier alpha value is -0.500. The first-order valence-electron chi connectivity index (χ1n) is 1.90. The highest BCUT2D eigenvalue weighted by molar-refractivity contribution is 4.85. The summed E-state index contributed by atoms with van der Waals surface area (Å²) in [6.07, 6.45) is 0.736. The number of rotatable bonds is 2. The third kappa shape index (κ3) is 3.50. The largest absolute Gasteiger partial charge is 0.402 e. The van der Waals surface area contributed by atoms with Gasteiger partial charge in [0.2, 0.25) is 0 Å². The second kappa shape index (κ2) is 2.72. The Balaban J connectivity index is 2.83. The van der Waals surface area contributed by atoms with Crippen LogP contribution in [0, 0.1) is 0 Å². The Labute approximate surface area is 37.8 Å². The van der Waals surface area contributed by atoms with Gasteiger partial charge in [0.15, 0.2) is 0 Å². The van der Waals surface area contributed by atoms with Gasteiger partial charge in [-0.1, -0.05) is 6.58 Å². The molecule has 0 saturated carbocycles. The maximum Gasteiger partial charge on any atom is 0.00201 e. The van der Waals surface area contributed by atoms with Gasteiger partial charge < -0.3 is 11.5 Å². The van der Waals surface area contributed by atoms with E-state index in [0.29, 0.717) is 12.2 Å². The van der Waals surface area contributed by atoms with Gasteiger partial charge in [0.05, 0.1) is 0 Å². The van der Waals surface area contributed by atoms with E-state index in [4.69, 9.17) is 11.5 Å². The minimum atomic E-state index is 0.606. The van der Waals surface area contributed by atoms with E-state index in [2.05, 4.69) is 6.58 Å². The molecule has 0 amide bonds. The van der Waals surface area contributed by atoms with Crippen molar-refractivity contribution >= 4 is 0 Å². The van der Waals surface area contributed by atoms with E-state index in [1.807, 2.05) is 0 Å². The van der Waals surface area contributed by atoms with Crippen molar-refractivity contribution in [2.24, 2.45) is 11.5 Å². The molecule has 0 aliphatic carbocycles. The molecule has 0 spiro atoms. The summed E-state index contributed by atoms with van der Waals surface area (Å²) >= 11 is 0. The fraction of sp³-hybridized carbons (Fsp3) is 0.500. The normalized spacial score (nSPS) is 8.17. The van der Waals surface area contributed by atoms with Crippen molar-refractivity contribution in [3.8, 4) is 0 Å². The van der Waals surface area contributed by atoms with Crippen LogP contribution in [-0.4, -0.2) is 6.54 Å². The molecule has 0 atom stereocenters. The fourth-order valence-electron chi connectivity index (χ4n) is 0.185. The lowest BCUT2D eigenvalue weighted by Crippen LogP contribution is -2.04. The van der Waals surface area contributed by atoms with Crippen molar-refractivity contribution in [2.45, 2.75) is 6.42 Å². The van der Waals surface area contributed by atoms with Crippen LogP contribution in [0.3, 0.4) is 0 Å². The summed E-state index contributed by atoms with van der Waals surface area (Å²) in [6, 6.07) is 0. The van der Waals surface area contributed by atoms with Crippen LogP contribution in [0.25, 0.3) is 0 Å². The lowest BCUT2D eigenvalue weighted by Gasteiger charge is -1.88. The topological polar surface area (TPSA) is 52.0 Å². The highest BCUT2D eigenvalue weighted by atomic mass is 14.6. The summed E-state index contributed by atoms with van der Waals surface area (Å²) in [4.78, 5) is 0. The molecule has 4 N–H and O–H groups in total. The van der Waals surface area contributed by atoms with Crippen molar-refractivity contribution in [2.75, 3.05) is 6.54 Å². The molecule has 2 heteroatoms. The summed E-state index contributed by atoms with van der Waals surface area (Å²) in [7, 11) is 0.